The van der Waals surface area contributed by atoms with Gasteiger partial charge in [0.25, 0.3) is 0 Å². The number of benzene rings is 1. The average molecular weight is 323 g/mol. The molecule has 1 atom stereocenters. The van der Waals surface area contributed by atoms with Crippen molar-refractivity contribution in [2.24, 2.45) is 4.40 Å². The van der Waals surface area contributed by atoms with E-state index < -0.39 is 11.0 Å². The average Bonchev–Trinajstić information content (AvgIpc) is 2.18. The van der Waals surface area contributed by atoms with Crippen LogP contribution >= 0.6 is 27.5 Å². The highest BCUT2D eigenvalue weighted by Crippen LogP contribution is 2.22. The second kappa shape index (κ2) is 5.43. The van der Waals surface area contributed by atoms with E-state index in [2.05, 4.69) is 20.3 Å². The quantitative estimate of drug-likeness (QED) is 0.757. The minimum absolute atomic E-state index is 0.338. The van der Waals surface area contributed by atoms with Crippen LogP contribution in [0.3, 0.4) is 0 Å². The summed E-state index contributed by atoms with van der Waals surface area (Å²) >= 11 is 9.24. The molecule has 0 fully saturated rings. The molecular weight excluding hydrogens is 310 g/mol. The van der Waals surface area contributed by atoms with Gasteiger partial charge in [-0.05, 0) is 54.4 Å². The molecule has 5 heteroatoms. The number of rotatable bonds is 2. The summed E-state index contributed by atoms with van der Waals surface area (Å²) in [5.41, 5.74) is 0.839. The summed E-state index contributed by atoms with van der Waals surface area (Å²) in [7, 11) is -1.24. The number of nitrogens with zero attached hydrogens (tertiary/aromatic N) is 1. The van der Waals surface area contributed by atoms with Gasteiger partial charge in [-0.15, -0.1) is 0 Å². The van der Waals surface area contributed by atoms with Gasteiger partial charge < -0.3 is 0 Å². The molecule has 0 spiro atoms. The first-order chi connectivity index (χ1) is 7.30. The van der Waals surface area contributed by atoms with Crippen LogP contribution in [0.2, 0.25) is 5.02 Å². The highest BCUT2D eigenvalue weighted by Gasteiger charge is 2.18. The highest BCUT2D eigenvalue weighted by atomic mass is 79.9. The fourth-order valence-electron chi connectivity index (χ4n) is 0.860. The summed E-state index contributed by atoms with van der Waals surface area (Å²) in [5, 5.41) is 0.616. The van der Waals surface area contributed by atoms with Crippen LogP contribution in [0.5, 0.6) is 0 Å². The smallest absolute Gasteiger partial charge is 0.144 e. The molecule has 16 heavy (non-hydrogen) atoms. The molecule has 0 bridgehead atoms. The Morgan fingerprint density at radius 3 is 2.56 bits per heavy atom. The van der Waals surface area contributed by atoms with Crippen molar-refractivity contribution in [2.75, 3.05) is 0 Å². The molecule has 1 rings (SSSR count). The standard InChI is InChI=1S/C11H13BrClNOS/c1-11(2,3)16(15)14-7-8-4-5-9(12)10(13)6-8/h4-7H,1-3H3/b14-7+/t16-/m1/s1. The molecule has 0 aliphatic rings. The van der Waals surface area contributed by atoms with E-state index >= 15 is 0 Å². The van der Waals surface area contributed by atoms with E-state index in [9.17, 15) is 4.21 Å². The SMILES string of the molecule is CC(C)(C)[S@@](=O)/N=C/c1ccc(Br)c(Cl)c1. The molecule has 0 radical (unpaired) electrons. The minimum Gasteiger partial charge on any atom is -0.234 e. The Labute approximate surface area is 112 Å². The molecular formula is C11H13BrClNOS. The molecule has 0 unspecified atom stereocenters. The van der Waals surface area contributed by atoms with Crippen molar-refractivity contribution in [3.05, 3.63) is 33.3 Å². The summed E-state index contributed by atoms with van der Waals surface area (Å²) in [4.78, 5) is 0. The first-order valence-corrected chi connectivity index (χ1v) is 6.99. The van der Waals surface area contributed by atoms with Crippen molar-refractivity contribution >= 4 is 44.7 Å². The summed E-state index contributed by atoms with van der Waals surface area (Å²) in [5.74, 6) is 0. The molecule has 2 nitrogen and oxygen atoms in total. The topological polar surface area (TPSA) is 29.4 Å². The van der Waals surface area contributed by atoms with Crippen molar-refractivity contribution in [1.82, 2.24) is 0 Å². The summed E-state index contributed by atoms with van der Waals surface area (Å²) in [6.07, 6.45) is 1.58. The lowest BCUT2D eigenvalue weighted by atomic mass is 10.2. The Morgan fingerprint density at radius 1 is 1.44 bits per heavy atom. The molecule has 0 aromatic heterocycles. The molecule has 1 aromatic rings. The fraction of sp³-hybridized carbons (Fsp3) is 0.364. The normalized spacial score (nSPS) is 14.3. The second-order valence-corrected chi connectivity index (χ2v) is 7.46. The van der Waals surface area contributed by atoms with Crippen LogP contribution in [-0.4, -0.2) is 15.2 Å². The van der Waals surface area contributed by atoms with Crippen LogP contribution < -0.4 is 0 Å². The van der Waals surface area contributed by atoms with Gasteiger partial charge >= 0.3 is 0 Å². The van der Waals surface area contributed by atoms with Gasteiger partial charge in [0, 0.05) is 10.7 Å². The first-order valence-electron chi connectivity index (χ1n) is 4.72. The molecule has 1 aromatic carbocycles. The number of halogens is 2. The Bertz CT molecular complexity index is 440. The molecule has 0 heterocycles. The van der Waals surface area contributed by atoms with E-state index in [1.165, 1.54) is 0 Å². The zero-order chi connectivity index (χ0) is 12.3. The molecule has 0 aliphatic carbocycles. The van der Waals surface area contributed by atoms with E-state index in [1.54, 1.807) is 12.3 Å². The summed E-state index contributed by atoms with van der Waals surface area (Å²) in [6, 6.07) is 5.47. The van der Waals surface area contributed by atoms with E-state index in [1.807, 2.05) is 32.9 Å². The number of hydrogen-bond donors (Lipinski definition) is 0. The van der Waals surface area contributed by atoms with Gasteiger partial charge in [0.05, 0.1) is 9.77 Å². The van der Waals surface area contributed by atoms with Crippen molar-refractivity contribution in [3.63, 3.8) is 0 Å². The van der Waals surface area contributed by atoms with Gasteiger partial charge in [0.15, 0.2) is 0 Å². The third-order valence-electron chi connectivity index (χ3n) is 1.77. The van der Waals surface area contributed by atoms with Crippen molar-refractivity contribution in [3.8, 4) is 0 Å². The van der Waals surface area contributed by atoms with Crippen LogP contribution in [0.1, 0.15) is 26.3 Å². The van der Waals surface area contributed by atoms with Gasteiger partial charge in [-0.2, -0.15) is 4.40 Å². The monoisotopic (exact) mass is 321 g/mol. The molecule has 0 saturated carbocycles. The maximum atomic E-state index is 11.7. The Hall–Kier alpha value is -0.190. The molecule has 0 N–H and O–H groups in total. The zero-order valence-corrected chi connectivity index (χ0v) is 12.5. The Kier molecular flexibility index (Phi) is 4.71. The van der Waals surface area contributed by atoms with Gasteiger partial charge in [-0.1, -0.05) is 17.7 Å². The number of hydrogen-bond acceptors (Lipinski definition) is 1. The van der Waals surface area contributed by atoms with E-state index in [0.717, 1.165) is 10.0 Å². The third-order valence-corrected chi connectivity index (χ3v) is 4.34. The van der Waals surface area contributed by atoms with E-state index in [4.69, 9.17) is 11.6 Å². The van der Waals surface area contributed by atoms with Crippen LogP contribution in [0.4, 0.5) is 0 Å². The van der Waals surface area contributed by atoms with Crippen LogP contribution in [0.15, 0.2) is 27.1 Å². The maximum Gasteiger partial charge on any atom is 0.144 e. The van der Waals surface area contributed by atoms with Crippen molar-refractivity contribution in [1.29, 1.82) is 0 Å². The molecule has 0 saturated heterocycles. The predicted octanol–water partition coefficient (Wildman–Crippen LogP) is 3.98. The lowest BCUT2D eigenvalue weighted by molar-refractivity contribution is 0.651. The van der Waals surface area contributed by atoms with Crippen molar-refractivity contribution < 1.29 is 4.21 Å². The largest absolute Gasteiger partial charge is 0.234 e. The Balaban J connectivity index is 2.85. The lowest BCUT2D eigenvalue weighted by Gasteiger charge is -2.12. The maximum absolute atomic E-state index is 11.7. The summed E-state index contributed by atoms with van der Waals surface area (Å²) in [6.45, 7) is 5.65. The predicted molar refractivity (Wildman–Crippen MR) is 74.6 cm³/mol. The van der Waals surface area contributed by atoms with Crippen molar-refractivity contribution in [2.45, 2.75) is 25.5 Å². The van der Waals surface area contributed by atoms with Gasteiger partial charge in [-0.25, -0.2) is 4.21 Å². The third kappa shape index (κ3) is 4.00. The molecule has 0 amide bonds. The van der Waals surface area contributed by atoms with Crippen LogP contribution in [0.25, 0.3) is 0 Å². The highest BCUT2D eigenvalue weighted by molar-refractivity contribution is 9.10. The van der Waals surface area contributed by atoms with Crippen LogP contribution in [-0.2, 0) is 11.0 Å². The fourth-order valence-corrected chi connectivity index (χ4v) is 1.83. The van der Waals surface area contributed by atoms with E-state index in [0.29, 0.717) is 5.02 Å². The van der Waals surface area contributed by atoms with Gasteiger partial charge in [0.1, 0.15) is 11.0 Å². The first kappa shape index (κ1) is 13.9. The Morgan fingerprint density at radius 2 is 2.06 bits per heavy atom. The zero-order valence-electron chi connectivity index (χ0n) is 9.33. The molecule has 88 valence electrons. The van der Waals surface area contributed by atoms with Gasteiger partial charge in [-0.3, -0.25) is 0 Å². The second-order valence-electron chi connectivity index (χ2n) is 4.27. The van der Waals surface area contributed by atoms with Gasteiger partial charge in [0.2, 0.25) is 0 Å². The summed E-state index contributed by atoms with van der Waals surface area (Å²) < 4.78 is 16.2. The van der Waals surface area contributed by atoms with E-state index in [-0.39, 0.29) is 4.75 Å². The minimum atomic E-state index is -1.24. The van der Waals surface area contributed by atoms with Crippen LogP contribution in [0, 0.1) is 0 Å². The molecule has 0 aliphatic heterocycles. The lowest BCUT2D eigenvalue weighted by Crippen LogP contribution is -2.19.